The smallest absolute Gasteiger partial charge is 0.228 e. The lowest BCUT2D eigenvalue weighted by atomic mass is 10.2. The van der Waals surface area contributed by atoms with Gasteiger partial charge in [0.15, 0.2) is 0 Å². The average molecular weight is 339 g/mol. The highest BCUT2D eigenvalue weighted by atomic mass is 35.6. The average Bonchev–Trinajstić information content (AvgIpc) is 2.59. The molecule has 0 fully saturated rings. The number of hydrogen-bond acceptors (Lipinski definition) is 2. The first-order chi connectivity index (χ1) is 7.63. The van der Waals surface area contributed by atoms with Crippen molar-refractivity contribution in [1.29, 1.82) is 0 Å². The lowest BCUT2D eigenvalue weighted by Crippen LogP contribution is -2.30. The molecule has 1 heterocycles. The Kier molecular flexibility index (Phi) is 4.88. The zero-order valence-electron chi connectivity index (χ0n) is 9.52. The molecule has 3 nitrogen and oxygen atoms in total. The molecule has 0 aliphatic carbocycles. The molecule has 0 unspecified atom stereocenters. The van der Waals surface area contributed by atoms with Gasteiger partial charge in [0.1, 0.15) is 5.69 Å². The molecule has 0 amide bonds. The summed E-state index contributed by atoms with van der Waals surface area (Å²) < 4.78 is -1.89. The predicted octanol–water partition coefficient (Wildman–Crippen LogP) is 4.42. The van der Waals surface area contributed by atoms with E-state index < -0.39 is 8.13 Å². The van der Waals surface area contributed by atoms with Crippen LogP contribution in [0.1, 0.15) is 38.2 Å². The Morgan fingerprint density at radius 1 is 1.18 bits per heavy atom. The van der Waals surface area contributed by atoms with Crippen molar-refractivity contribution in [3.63, 3.8) is 0 Å². The van der Waals surface area contributed by atoms with Crippen molar-refractivity contribution in [2.75, 3.05) is 0 Å². The first-order valence-corrected chi connectivity index (χ1v) is 6.91. The van der Waals surface area contributed by atoms with Gasteiger partial charge in [-0.05, 0) is 20.3 Å². The molecule has 1 rings (SSSR count). The molecule has 17 heavy (non-hydrogen) atoms. The van der Waals surface area contributed by atoms with E-state index in [0.717, 1.165) is 5.69 Å². The van der Waals surface area contributed by atoms with Crippen LogP contribution in [0.25, 0.3) is 0 Å². The number of hydrogen-bond donors (Lipinski definition) is 0. The van der Waals surface area contributed by atoms with Crippen LogP contribution in [0.2, 0.25) is 0 Å². The van der Waals surface area contributed by atoms with E-state index in [0.29, 0.717) is 6.42 Å². The summed E-state index contributed by atoms with van der Waals surface area (Å²) in [4.78, 5) is 0. The third kappa shape index (κ3) is 2.95. The van der Waals surface area contributed by atoms with E-state index in [4.69, 9.17) is 58.0 Å². The third-order valence-corrected chi connectivity index (χ3v) is 4.62. The molecule has 1 aromatic heterocycles. The van der Waals surface area contributed by atoms with E-state index in [1.807, 2.05) is 20.8 Å². The minimum Gasteiger partial charge on any atom is -0.247 e. The van der Waals surface area contributed by atoms with Gasteiger partial charge < -0.3 is 0 Å². The quantitative estimate of drug-likeness (QED) is 0.763. The van der Waals surface area contributed by atoms with E-state index in [9.17, 15) is 0 Å². The van der Waals surface area contributed by atoms with Gasteiger partial charge >= 0.3 is 0 Å². The molecule has 0 spiro atoms. The van der Waals surface area contributed by atoms with Gasteiger partial charge in [-0.1, -0.05) is 70.1 Å². The molecule has 0 aliphatic rings. The van der Waals surface area contributed by atoms with Crippen molar-refractivity contribution in [3.8, 4) is 0 Å². The minimum atomic E-state index is -1.88. The van der Waals surface area contributed by atoms with E-state index in [2.05, 4.69) is 10.3 Å². The lowest BCUT2D eigenvalue weighted by Gasteiger charge is -2.26. The Morgan fingerprint density at radius 3 is 2.06 bits per heavy atom. The normalized spacial score (nSPS) is 13.5. The fraction of sp³-hybridized carbons (Fsp3) is 0.778. The Balaban J connectivity index is 3.33. The second-order valence-electron chi connectivity index (χ2n) is 3.85. The summed E-state index contributed by atoms with van der Waals surface area (Å²) in [5.41, 5.74) is 1.05. The second-order valence-corrected chi connectivity index (χ2v) is 7.46. The van der Waals surface area contributed by atoms with E-state index in [-0.39, 0.29) is 11.7 Å². The Morgan fingerprint density at radius 2 is 1.71 bits per heavy atom. The number of alkyl halides is 5. The van der Waals surface area contributed by atoms with Gasteiger partial charge in [-0.25, -0.2) is 4.68 Å². The molecule has 0 saturated carbocycles. The van der Waals surface area contributed by atoms with Crippen molar-refractivity contribution in [2.45, 2.75) is 41.4 Å². The predicted molar refractivity (Wildman–Crippen MR) is 73.5 cm³/mol. The molecule has 0 bridgehead atoms. The van der Waals surface area contributed by atoms with Gasteiger partial charge in [0, 0.05) is 6.04 Å². The van der Waals surface area contributed by atoms with Crippen LogP contribution in [-0.4, -0.2) is 18.8 Å². The van der Waals surface area contributed by atoms with Crippen LogP contribution >= 0.6 is 58.0 Å². The van der Waals surface area contributed by atoms with Crippen molar-refractivity contribution in [1.82, 2.24) is 15.0 Å². The maximum Gasteiger partial charge on any atom is 0.228 e. The van der Waals surface area contributed by atoms with Crippen LogP contribution < -0.4 is 0 Å². The summed E-state index contributed by atoms with van der Waals surface area (Å²) in [6, 6.07) is 0.130. The van der Waals surface area contributed by atoms with Crippen molar-refractivity contribution in [2.24, 2.45) is 0 Å². The van der Waals surface area contributed by atoms with Crippen LogP contribution in [0.3, 0.4) is 0 Å². The molecule has 0 radical (unpaired) electrons. The van der Waals surface area contributed by atoms with Gasteiger partial charge in [-0.2, -0.15) is 0 Å². The number of nitrogens with zero attached hydrogens (tertiary/aromatic N) is 3. The number of aromatic nitrogens is 3. The van der Waals surface area contributed by atoms with Gasteiger partial charge in [0.2, 0.25) is 8.13 Å². The van der Waals surface area contributed by atoms with Gasteiger partial charge in [-0.3, -0.25) is 0 Å². The second kappa shape index (κ2) is 5.30. The Hall–Kier alpha value is 0.590. The molecule has 0 N–H and O–H groups in total. The number of halogens is 5. The zero-order valence-corrected chi connectivity index (χ0v) is 13.3. The van der Waals surface area contributed by atoms with E-state index >= 15 is 0 Å². The molecule has 8 heteroatoms. The fourth-order valence-electron chi connectivity index (χ4n) is 1.44. The standard InChI is InChI=1S/C9H12Cl5N3/c1-4-6-7(8(10,11)9(12,13)14)15-16-17(6)5(2)3/h5H,4H2,1-3H3. The van der Waals surface area contributed by atoms with Crippen molar-refractivity contribution >= 4 is 58.0 Å². The SMILES string of the molecule is CCc1c(C(Cl)(Cl)C(Cl)(Cl)Cl)nnn1C(C)C. The summed E-state index contributed by atoms with van der Waals surface area (Å²) >= 11 is 29.5. The topological polar surface area (TPSA) is 30.7 Å². The molecular weight excluding hydrogens is 327 g/mol. The highest BCUT2D eigenvalue weighted by Gasteiger charge is 2.51. The summed E-state index contributed by atoms with van der Waals surface area (Å²) in [6.45, 7) is 5.87. The third-order valence-electron chi connectivity index (χ3n) is 2.27. The minimum absolute atomic E-state index is 0.130. The molecule has 0 saturated heterocycles. The van der Waals surface area contributed by atoms with Crippen LogP contribution in [0.15, 0.2) is 0 Å². The highest BCUT2D eigenvalue weighted by Crippen LogP contribution is 2.53. The molecule has 0 atom stereocenters. The summed E-state index contributed by atoms with van der Waals surface area (Å²) in [5.74, 6) is 0. The lowest BCUT2D eigenvalue weighted by molar-refractivity contribution is 0.496. The van der Waals surface area contributed by atoms with Crippen molar-refractivity contribution < 1.29 is 0 Å². The fourth-order valence-corrected chi connectivity index (χ4v) is 2.00. The monoisotopic (exact) mass is 337 g/mol. The summed E-state index contributed by atoms with van der Waals surface area (Å²) in [7, 11) is 0. The largest absolute Gasteiger partial charge is 0.247 e. The maximum atomic E-state index is 6.09. The number of rotatable bonds is 3. The Bertz CT molecular complexity index is 394. The van der Waals surface area contributed by atoms with Crippen molar-refractivity contribution in [3.05, 3.63) is 11.4 Å². The van der Waals surface area contributed by atoms with Crippen LogP contribution in [0.5, 0.6) is 0 Å². The van der Waals surface area contributed by atoms with Gasteiger partial charge in [0.05, 0.1) is 5.69 Å². The maximum absolute atomic E-state index is 6.09. The van der Waals surface area contributed by atoms with Gasteiger partial charge in [0.25, 0.3) is 0 Å². The van der Waals surface area contributed by atoms with Crippen LogP contribution in [-0.2, 0) is 10.8 Å². The molecule has 0 aromatic carbocycles. The Labute approximate surface area is 125 Å². The highest BCUT2D eigenvalue weighted by molar-refractivity contribution is 6.75. The molecular formula is C9H12Cl5N3. The van der Waals surface area contributed by atoms with Gasteiger partial charge in [-0.15, -0.1) is 5.10 Å². The first-order valence-electron chi connectivity index (χ1n) is 5.02. The van der Waals surface area contributed by atoms with E-state index in [1.54, 1.807) is 4.68 Å². The molecule has 98 valence electrons. The van der Waals surface area contributed by atoms with E-state index in [1.165, 1.54) is 0 Å². The van der Waals surface area contributed by atoms with Crippen LogP contribution in [0.4, 0.5) is 0 Å². The molecule has 1 aromatic rings. The molecule has 0 aliphatic heterocycles. The summed E-state index contributed by atoms with van der Waals surface area (Å²) in [5, 5.41) is 7.93. The zero-order chi connectivity index (χ0) is 13.4. The van der Waals surface area contributed by atoms with Crippen LogP contribution in [0, 0.1) is 0 Å². The summed E-state index contributed by atoms with van der Waals surface area (Å²) in [6.07, 6.45) is 0.641. The first kappa shape index (κ1) is 15.6.